The molecule has 4 aromatic rings. The minimum Gasteiger partial charge on any atom is -0.328 e. The summed E-state index contributed by atoms with van der Waals surface area (Å²) in [6.07, 6.45) is 2.03. The zero-order chi connectivity index (χ0) is 19.0. The van der Waals surface area contributed by atoms with E-state index in [-0.39, 0.29) is 6.03 Å². The number of amides is 2. The molecular weight excluding hydrogens is 380 g/mol. The molecule has 1 aromatic carbocycles. The predicted molar refractivity (Wildman–Crippen MR) is 109 cm³/mol. The number of aromatic nitrogens is 4. The quantitative estimate of drug-likeness (QED) is 0.555. The molecule has 0 atom stereocenters. The smallest absolute Gasteiger partial charge is 0.323 e. The second kappa shape index (κ2) is 7.16. The molecule has 0 aliphatic carbocycles. The largest absolute Gasteiger partial charge is 0.328 e. The van der Waals surface area contributed by atoms with Gasteiger partial charge in [-0.15, -0.1) is 10.2 Å². The van der Waals surface area contributed by atoms with E-state index in [0.717, 1.165) is 31.5 Å². The highest BCUT2D eigenvalue weighted by molar-refractivity contribution is 7.99. The summed E-state index contributed by atoms with van der Waals surface area (Å²) in [5.74, 6) is 0. The number of fused-ring (bicyclic) bond motifs is 2. The monoisotopic (exact) mass is 398 g/mol. The molecule has 3 heterocycles. The fraction of sp³-hybridized carbons (Fsp3) is 0.222. The number of nitrogens with zero attached hydrogens (tertiary/aromatic N) is 5. The minimum absolute atomic E-state index is 0.156. The van der Waals surface area contributed by atoms with E-state index < -0.39 is 0 Å². The molecule has 9 heteroatoms. The molecular formula is C18H18N6OS2. The number of pyridine rings is 1. The summed E-state index contributed by atoms with van der Waals surface area (Å²) >= 11 is 3.01. The van der Waals surface area contributed by atoms with Crippen LogP contribution >= 0.6 is 23.1 Å². The normalized spacial score (nSPS) is 11.2. The molecule has 0 bridgehead atoms. The minimum atomic E-state index is -0.156. The number of carbonyl (C=O) groups is 1. The summed E-state index contributed by atoms with van der Waals surface area (Å²) in [5.41, 5.74) is 2.84. The number of rotatable bonds is 4. The van der Waals surface area contributed by atoms with Crippen LogP contribution in [0.25, 0.3) is 15.9 Å². The van der Waals surface area contributed by atoms with Gasteiger partial charge in [-0.25, -0.2) is 9.78 Å². The van der Waals surface area contributed by atoms with Crippen molar-refractivity contribution in [3.8, 4) is 0 Å². The first kappa shape index (κ1) is 17.7. The zero-order valence-electron chi connectivity index (χ0n) is 15.1. The van der Waals surface area contributed by atoms with Crippen LogP contribution in [-0.2, 0) is 0 Å². The summed E-state index contributed by atoms with van der Waals surface area (Å²) in [6.45, 7) is 4.61. The van der Waals surface area contributed by atoms with Crippen LogP contribution in [0.3, 0.4) is 0 Å². The molecule has 7 nitrogen and oxygen atoms in total. The maximum Gasteiger partial charge on any atom is 0.323 e. The average molecular weight is 399 g/mol. The van der Waals surface area contributed by atoms with Crippen LogP contribution in [0.4, 0.5) is 9.93 Å². The van der Waals surface area contributed by atoms with E-state index in [0.29, 0.717) is 11.7 Å². The third kappa shape index (κ3) is 3.60. The number of aryl methyl sites for hydroxylation is 1. The Hall–Kier alpha value is -2.65. The highest BCUT2D eigenvalue weighted by Crippen LogP contribution is 2.33. The zero-order valence-corrected chi connectivity index (χ0v) is 16.8. The van der Waals surface area contributed by atoms with Crippen LogP contribution in [0.15, 0.2) is 46.6 Å². The lowest BCUT2D eigenvalue weighted by atomic mass is 10.3. The maximum atomic E-state index is 12.0. The van der Waals surface area contributed by atoms with Crippen molar-refractivity contribution in [2.24, 2.45) is 0 Å². The van der Waals surface area contributed by atoms with Crippen molar-refractivity contribution in [2.45, 2.75) is 23.9 Å². The Morgan fingerprint density at radius 2 is 2.15 bits per heavy atom. The van der Waals surface area contributed by atoms with Crippen molar-refractivity contribution in [1.82, 2.24) is 24.5 Å². The molecule has 0 saturated carbocycles. The number of hydrogen-bond donors (Lipinski definition) is 1. The van der Waals surface area contributed by atoms with Crippen LogP contribution in [0.1, 0.15) is 12.5 Å². The van der Waals surface area contributed by atoms with E-state index in [4.69, 9.17) is 0 Å². The van der Waals surface area contributed by atoms with Gasteiger partial charge in [-0.05, 0) is 55.4 Å². The number of benzene rings is 1. The average Bonchev–Trinajstić information content (AvgIpc) is 3.24. The van der Waals surface area contributed by atoms with Gasteiger partial charge in [-0.2, -0.15) is 0 Å². The van der Waals surface area contributed by atoms with Gasteiger partial charge < -0.3 is 4.90 Å². The molecule has 0 aliphatic rings. The number of hydrogen-bond acceptors (Lipinski definition) is 6. The summed E-state index contributed by atoms with van der Waals surface area (Å²) in [6, 6.07) is 9.86. The van der Waals surface area contributed by atoms with Gasteiger partial charge in [0.05, 0.1) is 10.2 Å². The molecule has 3 aromatic heterocycles. The summed E-state index contributed by atoms with van der Waals surface area (Å²) in [4.78, 5) is 19.1. The van der Waals surface area contributed by atoms with Crippen molar-refractivity contribution in [2.75, 3.05) is 18.9 Å². The SMILES string of the molecule is CCN(C)C(=O)Nc1nc2ccc(Sc3nnc4ccc(C)cn34)cc2s1. The van der Waals surface area contributed by atoms with Gasteiger partial charge in [-0.3, -0.25) is 9.72 Å². The number of carbonyl (C=O) groups excluding carboxylic acids is 1. The van der Waals surface area contributed by atoms with Crippen LogP contribution < -0.4 is 5.32 Å². The van der Waals surface area contributed by atoms with E-state index in [1.165, 1.54) is 11.3 Å². The van der Waals surface area contributed by atoms with Gasteiger partial charge in [0, 0.05) is 24.7 Å². The predicted octanol–water partition coefficient (Wildman–Crippen LogP) is 4.28. The van der Waals surface area contributed by atoms with E-state index >= 15 is 0 Å². The van der Waals surface area contributed by atoms with Gasteiger partial charge in [0.1, 0.15) is 0 Å². The van der Waals surface area contributed by atoms with Crippen molar-refractivity contribution in [1.29, 1.82) is 0 Å². The topological polar surface area (TPSA) is 75.4 Å². The second-order valence-corrected chi connectivity index (χ2v) is 8.18. The van der Waals surface area contributed by atoms with Gasteiger partial charge in [0.15, 0.2) is 15.9 Å². The molecule has 0 fully saturated rings. The number of nitrogens with one attached hydrogen (secondary N) is 1. The fourth-order valence-electron chi connectivity index (χ4n) is 2.50. The lowest BCUT2D eigenvalue weighted by Crippen LogP contribution is -2.30. The highest BCUT2D eigenvalue weighted by Gasteiger charge is 2.12. The Kier molecular flexibility index (Phi) is 4.71. The van der Waals surface area contributed by atoms with Crippen LogP contribution in [0.2, 0.25) is 0 Å². The van der Waals surface area contributed by atoms with Crippen molar-refractivity contribution < 1.29 is 4.79 Å². The number of anilines is 1. The highest BCUT2D eigenvalue weighted by atomic mass is 32.2. The Balaban J connectivity index is 1.59. The molecule has 0 saturated heterocycles. The molecule has 2 amide bonds. The van der Waals surface area contributed by atoms with Gasteiger partial charge in [-0.1, -0.05) is 17.4 Å². The summed E-state index contributed by atoms with van der Waals surface area (Å²) in [5, 5.41) is 12.7. The number of urea groups is 1. The molecule has 1 N–H and O–H groups in total. The van der Waals surface area contributed by atoms with E-state index in [1.54, 1.807) is 23.7 Å². The van der Waals surface area contributed by atoms with Crippen molar-refractivity contribution >= 4 is 50.1 Å². The lowest BCUT2D eigenvalue weighted by Gasteiger charge is -2.13. The molecule has 0 unspecified atom stereocenters. The Labute approximate surface area is 164 Å². The van der Waals surface area contributed by atoms with E-state index in [2.05, 4.69) is 26.6 Å². The molecule has 0 spiro atoms. The van der Waals surface area contributed by atoms with Crippen LogP contribution in [0, 0.1) is 6.92 Å². The van der Waals surface area contributed by atoms with Gasteiger partial charge in [0.25, 0.3) is 0 Å². The molecule has 0 radical (unpaired) electrons. The first-order valence-corrected chi connectivity index (χ1v) is 10.1. The summed E-state index contributed by atoms with van der Waals surface area (Å²) < 4.78 is 3.00. The van der Waals surface area contributed by atoms with Gasteiger partial charge >= 0.3 is 6.03 Å². The maximum absolute atomic E-state index is 12.0. The lowest BCUT2D eigenvalue weighted by molar-refractivity contribution is 0.224. The molecule has 0 aliphatic heterocycles. The Bertz CT molecular complexity index is 1140. The van der Waals surface area contributed by atoms with Crippen LogP contribution in [0.5, 0.6) is 0 Å². The van der Waals surface area contributed by atoms with Crippen molar-refractivity contribution in [3.63, 3.8) is 0 Å². The second-order valence-electron chi connectivity index (χ2n) is 6.11. The Morgan fingerprint density at radius 1 is 1.30 bits per heavy atom. The van der Waals surface area contributed by atoms with Crippen molar-refractivity contribution in [3.05, 3.63) is 42.1 Å². The Morgan fingerprint density at radius 3 is 2.96 bits per heavy atom. The molecule has 4 rings (SSSR count). The first-order chi connectivity index (χ1) is 13.0. The third-order valence-electron chi connectivity index (χ3n) is 4.12. The van der Waals surface area contributed by atoms with Crippen LogP contribution in [-0.4, -0.2) is 44.1 Å². The van der Waals surface area contributed by atoms with E-state index in [1.807, 2.05) is 48.7 Å². The fourth-order valence-corrected chi connectivity index (χ4v) is 4.32. The standard InChI is InChI=1S/C18H18N6OS2/c1-4-23(3)17(25)20-16-19-13-7-6-12(9-14(13)27-16)26-18-22-21-15-8-5-11(2)10-24(15)18/h5-10H,4H2,1-3H3,(H,19,20,25). The van der Waals surface area contributed by atoms with Gasteiger partial charge in [0.2, 0.25) is 0 Å². The number of thiazole rings is 1. The summed E-state index contributed by atoms with van der Waals surface area (Å²) in [7, 11) is 1.75. The first-order valence-electron chi connectivity index (χ1n) is 8.45. The van der Waals surface area contributed by atoms with E-state index in [9.17, 15) is 4.79 Å². The third-order valence-corrected chi connectivity index (χ3v) is 6.01. The molecule has 27 heavy (non-hydrogen) atoms. The molecule has 138 valence electrons.